The highest BCUT2D eigenvalue weighted by molar-refractivity contribution is 5.71. The smallest absolute Gasteiger partial charge is 0.306 e. The molecule has 0 aromatic heterocycles. The Bertz CT molecular complexity index is 885. The number of carbonyl (C=O) groups excluding carboxylic acids is 3. The number of hydrogen-bond donors (Lipinski definition) is 0. The maximum atomic E-state index is 12.8. The summed E-state index contributed by atoms with van der Waals surface area (Å²) >= 11 is 0. The van der Waals surface area contributed by atoms with Crippen LogP contribution in [0.1, 0.15) is 278 Å². The Labute approximate surface area is 354 Å². The zero-order chi connectivity index (χ0) is 41.5. The van der Waals surface area contributed by atoms with E-state index in [1.165, 1.54) is 180 Å². The summed E-state index contributed by atoms with van der Waals surface area (Å²) in [6, 6.07) is 0. The van der Waals surface area contributed by atoms with Crippen molar-refractivity contribution in [2.45, 2.75) is 284 Å². The predicted octanol–water partition coefficient (Wildman–Crippen LogP) is 16.2. The summed E-state index contributed by atoms with van der Waals surface area (Å²) in [6.07, 6.45) is 50.4. The monoisotopic (exact) mass is 805 g/mol. The molecule has 0 bridgehead atoms. The molecule has 0 saturated carbocycles. The van der Waals surface area contributed by atoms with Crippen molar-refractivity contribution in [1.82, 2.24) is 0 Å². The number of unbranched alkanes of at least 4 members (excludes halogenated alkanes) is 33. The van der Waals surface area contributed by atoms with Crippen LogP contribution in [0.5, 0.6) is 0 Å². The lowest BCUT2D eigenvalue weighted by molar-refractivity contribution is -0.167. The Balaban J connectivity index is 4.33. The van der Waals surface area contributed by atoms with Crippen LogP contribution in [0.15, 0.2) is 12.2 Å². The number of hydrogen-bond acceptors (Lipinski definition) is 6. The maximum absolute atomic E-state index is 12.8. The summed E-state index contributed by atoms with van der Waals surface area (Å²) in [6.45, 7) is 6.64. The van der Waals surface area contributed by atoms with Crippen LogP contribution >= 0.6 is 0 Å². The molecule has 0 amide bonds. The molecule has 336 valence electrons. The van der Waals surface area contributed by atoms with E-state index in [1.807, 2.05) is 0 Å². The van der Waals surface area contributed by atoms with Crippen molar-refractivity contribution < 1.29 is 28.6 Å². The summed E-state index contributed by atoms with van der Waals surface area (Å²) in [5, 5.41) is 0. The fraction of sp³-hybridized carbons (Fsp3) is 0.902. The van der Waals surface area contributed by atoms with Gasteiger partial charge in [0.15, 0.2) is 6.10 Å². The second-order valence-electron chi connectivity index (χ2n) is 17.1. The van der Waals surface area contributed by atoms with E-state index in [0.717, 1.165) is 57.8 Å². The second-order valence-corrected chi connectivity index (χ2v) is 17.1. The molecule has 0 aromatic rings. The maximum Gasteiger partial charge on any atom is 0.306 e. The first kappa shape index (κ1) is 55.2. The van der Waals surface area contributed by atoms with Crippen LogP contribution in [-0.4, -0.2) is 37.2 Å². The van der Waals surface area contributed by atoms with E-state index in [9.17, 15) is 14.4 Å². The van der Waals surface area contributed by atoms with E-state index < -0.39 is 6.10 Å². The van der Waals surface area contributed by atoms with Gasteiger partial charge in [-0.1, -0.05) is 226 Å². The van der Waals surface area contributed by atoms with E-state index in [1.54, 1.807) is 0 Å². The van der Waals surface area contributed by atoms with Gasteiger partial charge in [-0.15, -0.1) is 0 Å². The molecule has 0 aliphatic rings. The van der Waals surface area contributed by atoms with Gasteiger partial charge in [0.1, 0.15) is 13.2 Å². The number of carbonyl (C=O) groups is 3. The second kappa shape index (κ2) is 46.8. The molecular weight excluding hydrogens is 709 g/mol. The number of ether oxygens (including phenoxy) is 3. The molecule has 0 fully saturated rings. The van der Waals surface area contributed by atoms with Gasteiger partial charge in [-0.05, 0) is 44.9 Å². The Morgan fingerprint density at radius 3 is 0.895 bits per heavy atom. The van der Waals surface area contributed by atoms with Gasteiger partial charge in [0.25, 0.3) is 0 Å². The molecule has 0 heterocycles. The van der Waals surface area contributed by atoms with Crippen LogP contribution in [-0.2, 0) is 28.6 Å². The first-order valence-corrected chi connectivity index (χ1v) is 25.2. The van der Waals surface area contributed by atoms with Crippen LogP contribution in [0.2, 0.25) is 0 Å². The molecule has 0 saturated heterocycles. The highest BCUT2D eigenvalue weighted by Crippen LogP contribution is 2.16. The molecule has 6 heteroatoms. The predicted molar refractivity (Wildman–Crippen MR) is 243 cm³/mol. The van der Waals surface area contributed by atoms with E-state index in [-0.39, 0.29) is 31.1 Å². The van der Waals surface area contributed by atoms with Crippen molar-refractivity contribution in [3.63, 3.8) is 0 Å². The van der Waals surface area contributed by atoms with Crippen LogP contribution in [0, 0.1) is 0 Å². The topological polar surface area (TPSA) is 78.9 Å². The average Bonchev–Trinajstić information content (AvgIpc) is 3.21. The van der Waals surface area contributed by atoms with Gasteiger partial charge in [0.05, 0.1) is 0 Å². The Kier molecular flexibility index (Phi) is 45.3. The molecule has 0 aliphatic heterocycles. The molecule has 0 radical (unpaired) electrons. The van der Waals surface area contributed by atoms with E-state index in [0.29, 0.717) is 19.3 Å². The highest BCUT2D eigenvalue weighted by atomic mass is 16.6. The minimum atomic E-state index is -0.764. The Hall–Kier alpha value is -1.85. The summed E-state index contributed by atoms with van der Waals surface area (Å²) < 4.78 is 16.8. The van der Waals surface area contributed by atoms with Crippen LogP contribution in [0.25, 0.3) is 0 Å². The van der Waals surface area contributed by atoms with Gasteiger partial charge in [-0.3, -0.25) is 14.4 Å². The fourth-order valence-electron chi connectivity index (χ4n) is 7.44. The molecule has 6 nitrogen and oxygen atoms in total. The van der Waals surface area contributed by atoms with Crippen molar-refractivity contribution in [2.24, 2.45) is 0 Å². The lowest BCUT2D eigenvalue weighted by atomic mass is 10.0. The first-order chi connectivity index (χ1) is 28.0. The average molecular weight is 805 g/mol. The van der Waals surface area contributed by atoms with Crippen molar-refractivity contribution in [1.29, 1.82) is 0 Å². The van der Waals surface area contributed by atoms with Crippen LogP contribution in [0.4, 0.5) is 0 Å². The van der Waals surface area contributed by atoms with E-state index in [4.69, 9.17) is 14.2 Å². The molecule has 0 N–H and O–H groups in total. The zero-order valence-corrected chi connectivity index (χ0v) is 38.4. The van der Waals surface area contributed by atoms with E-state index in [2.05, 4.69) is 32.9 Å². The molecule has 57 heavy (non-hydrogen) atoms. The standard InChI is InChI=1S/C51H96O6/c1-4-7-10-13-16-19-22-24-25-27-30-33-36-39-42-45-51(54)57-48(46-55-49(52)43-40-37-34-31-28-21-18-15-12-9-6-3)47-56-50(53)44-41-38-35-32-29-26-23-20-17-14-11-8-5-2/h19,22,48H,4-18,20-21,23-47H2,1-3H3/b22-19-/t48-/m0/s1. The first-order valence-electron chi connectivity index (χ1n) is 25.2. The fourth-order valence-corrected chi connectivity index (χ4v) is 7.44. The van der Waals surface area contributed by atoms with Gasteiger partial charge < -0.3 is 14.2 Å². The van der Waals surface area contributed by atoms with Gasteiger partial charge >= 0.3 is 17.9 Å². The Morgan fingerprint density at radius 2 is 0.579 bits per heavy atom. The summed E-state index contributed by atoms with van der Waals surface area (Å²) in [5.41, 5.74) is 0. The minimum Gasteiger partial charge on any atom is -0.462 e. The van der Waals surface area contributed by atoms with Gasteiger partial charge in [-0.2, -0.15) is 0 Å². The number of rotatable bonds is 46. The Morgan fingerprint density at radius 1 is 0.333 bits per heavy atom. The molecule has 0 spiro atoms. The molecular formula is C51H96O6. The zero-order valence-electron chi connectivity index (χ0n) is 38.4. The minimum absolute atomic E-state index is 0.0667. The third-order valence-electron chi connectivity index (χ3n) is 11.3. The van der Waals surface area contributed by atoms with Crippen molar-refractivity contribution in [3.05, 3.63) is 12.2 Å². The quantitative estimate of drug-likeness (QED) is 0.0264. The number of esters is 3. The summed E-state index contributed by atoms with van der Waals surface area (Å²) in [5.74, 6) is -0.857. The third kappa shape index (κ3) is 45.1. The normalized spacial score (nSPS) is 12.0. The van der Waals surface area contributed by atoms with E-state index >= 15 is 0 Å². The van der Waals surface area contributed by atoms with Gasteiger partial charge in [-0.25, -0.2) is 0 Å². The van der Waals surface area contributed by atoms with Gasteiger partial charge in [0, 0.05) is 19.3 Å². The van der Waals surface area contributed by atoms with Gasteiger partial charge in [0.2, 0.25) is 0 Å². The molecule has 0 aromatic carbocycles. The lowest BCUT2D eigenvalue weighted by Gasteiger charge is -2.18. The largest absolute Gasteiger partial charge is 0.462 e. The van der Waals surface area contributed by atoms with Crippen molar-refractivity contribution in [2.75, 3.05) is 13.2 Å². The van der Waals surface area contributed by atoms with Crippen LogP contribution < -0.4 is 0 Å². The summed E-state index contributed by atoms with van der Waals surface area (Å²) in [4.78, 5) is 37.9. The SMILES string of the molecule is CCCCCC/C=C\CCCCCCCCCC(=O)O[C@@H](COC(=O)CCCCCCCCCCCCC)COC(=O)CCCCCCCCCCCCCCC. The molecule has 0 aliphatic carbocycles. The molecule has 0 rings (SSSR count). The molecule has 1 atom stereocenters. The lowest BCUT2D eigenvalue weighted by Crippen LogP contribution is -2.30. The van der Waals surface area contributed by atoms with Crippen LogP contribution in [0.3, 0.4) is 0 Å². The van der Waals surface area contributed by atoms with Crippen molar-refractivity contribution >= 4 is 17.9 Å². The highest BCUT2D eigenvalue weighted by Gasteiger charge is 2.19. The molecule has 0 unspecified atom stereocenters. The third-order valence-corrected chi connectivity index (χ3v) is 11.3. The summed E-state index contributed by atoms with van der Waals surface area (Å²) in [7, 11) is 0. The number of allylic oxidation sites excluding steroid dienone is 2. The van der Waals surface area contributed by atoms with Crippen molar-refractivity contribution in [3.8, 4) is 0 Å².